The van der Waals surface area contributed by atoms with Crippen LogP contribution in [0.15, 0.2) is 69.0 Å². The topological polar surface area (TPSA) is 83.6 Å². The Balaban J connectivity index is 1.61. The van der Waals surface area contributed by atoms with Gasteiger partial charge in [-0.1, -0.05) is 34.8 Å². The molecule has 1 unspecified atom stereocenters. The quantitative estimate of drug-likeness (QED) is 0.539. The molecule has 0 saturated heterocycles. The van der Waals surface area contributed by atoms with Gasteiger partial charge in [0.15, 0.2) is 11.5 Å². The van der Waals surface area contributed by atoms with Gasteiger partial charge in [-0.15, -0.1) is 0 Å². The van der Waals surface area contributed by atoms with Gasteiger partial charge in [-0.2, -0.15) is 0 Å². The van der Waals surface area contributed by atoms with E-state index in [4.69, 9.17) is 4.42 Å². The summed E-state index contributed by atoms with van der Waals surface area (Å²) < 4.78 is 6.63. The number of carbonyl (C=O) groups excluding carboxylic acids is 2. The Hall–Kier alpha value is -2.93. The Morgan fingerprint density at radius 1 is 1.20 bits per heavy atom. The molecule has 1 aliphatic carbocycles. The zero-order chi connectivity index (χ0) is 20.8. The second-order valence-electron chi connectivity index (χ2n) is 7.72. The maximum absolute atomic E-state index is 13.5. The van der Waals surface area contributed by atoms with E-state index in [9.17, 15) is 14.7 Å². The summed E-state index contributed by atoms with van der Waals surface area (Å²) in [4.78, 5) is 32.4. The highest BCUT2D eigenvalue weighted by Crippen LogP contribution is 2.43. The van der Waals surface area contributed by atoms with Crippen molar-refractivity contribution in [3.63, 3.8) is 0 Å². The summed E-state index contributed by atoms with van der Waals surface area (Å²) in [6, 6.07) is 10.0. The molecule has 2 aromatic heterocycles. The van der Waals surface area contributed by atoms with E-state index in [1.807, 2.05) is 18.2 Å². The third-order valence-corrected chi connectivity index (χ3v) is 6.40. The van der Waals surface area contributed by atoms with Crippen LogP contribution in [-0.2, 0) is 4.79 Å². The minimum atomic E-state index is -0.679. The number of rotatable bonds is 4. The van der Waals surface area contributed by atoms with Crippen LogP contribution in [0.5, 0.6) is 0 Å². The van der Waals surface area contributed by atoms with Crippen molar-refractivity contribution in [1.29, 1.82) is 0 Å². The largest absolute Gasteiger partial charge is 0.503 e. The maximum Gasteiger partial charge on any atom is 0.290 e. The van der Waals surface area contributed by atoms with Crippen molar-refractivity contribution >= 4 is 38.6 Å². The summed E-state index contributed by atoms with van der Waals surface area (Å²) in [5.41, 5.74) is 1.32. The first kappa shape index (κ1) is 19.1. The minimum absolute atomic E-state index is 0.0122. The molecule has 1 fully saturated rings. The molecule has 0 bridgehead atoms. The lowest BCUT2D eigenvalue weighted by molar-refractivity contribution is -0.131. The van der Waals surface area contributed by atoms with E-state index >= 15 is 0 Å². The molecule has 1 aromatic carbocycles. The smallest absolute Gasteiger partial charge is 0.290 e. The highest BCUT2D eigenvalue weighted by atomic mass is 79.9. The fraction of sp³-hybridized carbons (Fsp3) is 0.261. The molecule has 1 atom stereocenters. The number of Topliss-reactive ketones (excluding diaryl/α,β-unsaturated/α-hetero) is 1. The average Bonchev–Trinajstić information content (AvgIpc) is 3.47. The summed E-state index contributed by atoms with van der Waals surface area (Å²) in [6.07, 6.45) is 7.04. The Labute approximate surface area is 181 Å². The molecule has 1 saturated carbocycles. The Kier molecular flexibility index (Phi) is 4.70. The number of halogens is 1. The van der Waals surface area contributed by atoms with E-state index in [2.05, 4.69) is 20.9 Å². The van der Waals surface area contributed by atoms with Gasteiger partial charge in [0.25, 0.3) is 5.91 Å². The highest BCUT2D eigenvalue weighted by molar-refractivity contribution is 9.10. The lowest BCUT2D eigenvalue weighted by atomic mass is 9.95. The van der Waals surface area contributed by atoms with E-state index in [-0.39, 0.29) is 17.4 Å². The summed E-state index contributed by atoms with van der Waals surface area (Å²) in [6.45, 7) is 0. The van der Waals surface area contributed by atoms with Crippen LogP contribution in [-0.4, -0.2) is 32.7 Å². The van der Waals surface area contributed by atoms with Crippen LogP contribution >= 0.6 is 15.9 Å². The number of carbonyl (C=O) groups is 2. The van der Waals surface area contributed by atoms with Crippen molar-refractivity contribution < 1.29 is 19.1 Å². The predicted molar refractivity (Wildman–Crippen MR) is 114 cm³/mol. The number of benzene rings is 1. The van der Waals surface area contributed by atoms with E-state index in [1.165, 1.54) is 0 Å². The Bertz CT molecular complexity index is 1180. The molecule has 5 rings (SSSR count). The number of nitrogens with zero attached hydrogens (tertiary/aromatic N) is 2. The van der Waals surface area contributed by atoms with Gasteiger partial charge in [0.05, 0.1) is 11.6 Å². The van der Waals surface area contributed by atoms with Gasteiger partial charge in [0, 0.05) is 28.3 Å². The molecule has 3 aromatic rings. The van der Waals surface area contributed by atoms with Gasteiger partial charge in [-0.3, -0.25) is 14.6 Å². The SMILES string of the molecule is O=C(C1=C(O)C(=O)N(C2CCCC2)C1c1cccnc1)c1cc2cc(Br)ccc2o1. The number of amides is 1. The number of pyridine rings is 1. The van der Waals surface area contributed by atoms with Gasteiger partial charge >= 0.3 is 0 Å². The number of aliphatic hydroxyl groups is 1. The number of aliphatic hydroxyl groups excluding tert-OH is 1. The van der Waals surface area contributed by atoms with E-state index in [0.717, 1.165) is 35.5 Å². The number of aromatic nitrogens is 1. The number of hydrogen-bond acceptors (Lipinski definition) is 5. The van der Waals surface area contributed by atoms with Crippen molar-refractivity contribution in [3.05, 3.63) is 75.9 Å². The molecular weight excluding hydrogens is 448 g/mol. The minimum Gasteiger partial charge on any atom is -0.503 e. The predicted octanol–water partition coefficient (Wildman–Crippen LogP) is 5.11. The third-order valence-electron chi connectivity index (χ3n) is 5.91. The van der Waals surface area contributed by atoms with Crippen molar-refractivity contribution in [2.45, 2.75) is 37.8 Å². The monoisotopic (exact) mass is 466 g/mol. The normalized spacial score (nSPS) is 20.0. The van der Waals surface area contributed by atoms with Gasteiger partial charge in [0.2, 0.25) is 5.78 Å². The first-order chi connectivity index (χ1) is 14.5. The molecule has 2 aliphatic rings. The molecule has 152 valence electrons. The zero-order valence-corrected chi connectivity index (χ0v) is 17.6. The van der Waals surface area contributed by atoms with Crippen LogP contribution in [0.1, 0.15) is 47.8 Å². The van der Waals surface area contributed by atoms with Crippen LogP contribution in [0.3, 0.4) is 0 Å². The Morgan fingerprint density at radius 2 is 2.00 bits per heavy atom. The summed E-state index contributed by atoms with van der Waals surface area (Å²) in [7, 11) is 0. The van der Waals surface area contributed by atoms with Gasteiger partial charge in [-0.05, 0) is 48.7 Å². The van der Waals surface area contributed by atoms with Crippen molar-refractivity contribution in [3.8, 4) is 0 Å². The fourth-order valence-corrected chi connectivity index (χ4v) is 4.92. The highest BCUT2D eigenvalue weighted by Gasteiger charge is 2.47. The molecule has 1 aliphatic heterocycles. The number of furan rings is 1. The molecule has 1 N–H and O–H groups in total. The lowest BCUT2D eigenvalue weighted by Gasteiger charge is -2.31. The van der Waals surface area contributed by atoms with Gasteiger partial charge < -0.3 is 14.4 Å². The zero-order valence-electron chi connectivity index (χ0n) is 16.0. The van der Waals surface area contributed by atoms with E-state index < -0.39 is 23.5 Å². The molecule has 6 nitrogen and oxygen atoms in total. The molecule has 7 heteroatoms. The van der Waals surface area contributed by atoms with Crippen LogP contribution in [0.2, 0.25) is 0 Å². The number of ketones is 1. The molecule has 0 spiro atoms. The first-order valence-corrected chi connectivity index (χ1v) is 10.7. The maximum atomic E-state index is 13.5. The second kappa shape index (κ2) is 7.40. The van der Waals surface area contributed by atoms with Crippen LogP contribution in [0.4, 0.5) is 0 Å². The van der Waals surface area contributed by atoms with Crippen molar-refractivity contribution in [2.75, 3.05) is 0 Å². The lowest BCUT2D eigenvalue weighted by Crippen LogP contribution is -2.38. The van der Waals surface area contributed by atoms with Gasteiger partial charge in [-0.25, -0.2) is 0 Å². The molecule has 30 heavy (non-hydrogen) atoms. The molecular formula is C23H19BrN2O4. The van der Waals surface area contributed by atoms with E-state index in [1.54, 1.807) is 35.5 Å². The average molecular weight is 467 g/mol. The van der Waals surface area contributed by atoms with E-state index in [0.29, 0.717) is 11.1 Å². The summed E-state index contributed by atoms with van der Waals surface area (Å²) in [5.74, 6) is -1.39. The van der Waals surface area contributed by atoms with Gasteiger partial charge in [0.1, 0.15) is 5.58 Å². The standard InChI is InChI=1S/C23H19BrN2O4/c24-15-7-8-17-14(10-15)11-18(30-17)21(27)19-20(13-4-3-9-25-12-13)26(23(29)22(19)28)16-5-1-2-6-16/h3-4,7-12,16,20,28H,1-2,5-6H2. The second-order valence-corrected chi connectivity index (χ2v) is 8.64. The number of fused-ring (bicyclic) bond motifs is 1. The first-order valence-electron chi connectivity index (χ1n) is 9.94. The van der Waals surface area contributed by atoms with Crippen LogP contribution in [0, 0.1) is 0 Å². The molecule has 1 amide bonds. The van der Waals surface area contributed by atoms with Crippen molar-refractivity contribution in [2.24, 2.45) is 0 Å². The molecule has 0 radical (unpaired) electrons. The fourth-order valence-electron chi connectivity index (χ4n) is 4.54. The Morgan fingerprint density at radius 3 is 2.73 bits per heavy atom. The van der Waals surface area contributed by atoms with Crippen LogP contribution < -0.4 is 0 Å². The summed E-state index contributed by atoms with van der Waals surface area (Å²) >= 11 is 3.41. The van der Waals surface area contributed by atoms with Crippen molar-refractivity contribution in [1.82, 2.24) is 9.88 Å². The third kappa shape index (κ3) is 3.04. The molecule has 3 heterocycles. The van der Waals surface area contributed by atoms with Crippen LogP contribution in [0.25, 0.3) is 11.0 Å². The number of hydrogen-bond donors (Lipinski definition) is 1. The summed E-state index contributed by atoms with van der Waals surface area (Å²) in [5, 5.41) is 11.5.